The first-order valence-corrected chi connectivity index (χ1v) is 5.53. The summed E-state index contributed by atoms with van der Waals surface area (Å²) in [6.45, 7) is 0. The van der Waals surface area contributed by atoms with Crippen LogP contribution in [0.3, 0.4) is 0 Å². The Morgan fingerprint density at radius 3 is 2.18 bits per heavy atom. The van der Waals surface area contributed by atoms with Crippen molar-refractivity contribution in [2.24, 2.45) is 0 Å². The topological polar surface area (TPSA) is 29.1 Å². The van der Waals surface area contributed by atoms with Crippen LogP contribution in [-0.4, -0.2) is 11.9 Å². The van der Waals surface area contributed by atoms with Gasteiger partial charge in [-0.25, -0.2) is 13.2 Å². The third-order valence-corrected chi connectivity index (χ3v) is 2.94. The Balaban J connectivity index is 2.13. The number of nitrogens with one attached hydrogen (secondary N) is 1. The average molecular weight is 243 g/mol. The highest BCUT2D eigenvalue weighted by molar-refractivity contribution is 5.94. The fraction of sp³-hybridized carbons (Fsp3) is 0.417. The molecule has 0 saturated heterocycles. The highest BCUT2D eigenvalue weighted by atomic mass is 19.2. The average Bonchev–Trinajstić information content (AvgIpc) is 2.77. The third-order valence-electron chi connectivity index (χ3n) is 2.94. The molecule has 1 aromatic carbocycles. The molecule has 1 N–H and O–H groups in total. The molecule has 5 heteroatoms. The zero-order valence-electron chi connectivity index (χ0n) is 9.10. The largest absolute Gasteiger partial charge is 0.349 e. The van der Waals surface area contributed by atoms with Gasteiger partial charge in [-0.3, -0.25) is 4.79 Å². The molecule has 92 valence electrons. The lowest BCUT2D eigenvalue weighted by atomic mass is 10.1. The Kier molecular flexibility index (Phi) is 3.36. The Labute approximate surface area is 96.8 Å². The summed E-state index contributed by atoms with van der Waals surface area (Å²) in [5, 5.41) is 2.67. The lowest BCUT2D eigenvalue weighted by Gasteiger charge is -2.12. The molecule has 2 nitrogen and oxygen atoms in total. The van der Waals surface area contributed by atoms with Gasteiger partial charge in [-0.05, 0) is 25.0 Å². The number of halogens is 3. The van der Waals surface area contributed by atoms with Crippen molar-refractivity contribution in [3.8, 4) is 0 Å². The number of hydrogen-bond donors (Lipinski definition) is 1. The SMILES string of the molecule is O=C(NC1CCCC1)c1cc(F)c(F)c(F)c1. The van der Waals surface area contributed by atoms with Crippen molar-refractivity contribution < 1.29 is 18.0 Å². The maximum Gasteiger partial charge on any atom is 0.251 e. The van der Waals surface area contributed by atoms with Crippen molar-refractivity contribution in [1.82, 2.24) is 5.32 Å². The van der Waals surface area contributed by atoms with E-state index >= 15 is 0 Å². The van der Waals surface area contributed by atoms with E-state index in [-0.39, 0.29) is 11.6 Å². The maximum atomic E-state index is 12.9. The molecule has 1 aliphatic rings. The minimum absolute atomic E-state index is 0.0543. The van der Waals surface area contributed by atoms with Crippen molar-refractivity contribution in [2.45, 2.75) is 31.7 Å². The van der Waals surface area contributed by atoms with E-state index in [0.29, 0.717) is 12.1 Å². The zero-order chi connectivity index (χ0) is 12.4. The molecule has 17 heavy (non-hydrogen) atoms. The van der Waals surface area contributed by atoms with E-state index in [1.165, 1.54) is 0 Å². The summed E-state index contributed by atoms with van der Waals surface area (Å²) in [6, 6.07) is 1.48. The molecule has 0 aliphatic heterocycles. The Morgan fingerprint density at radius 1 is 1.12 bits per heavy atom. The van der Waals surface area contributed by atoms with Crippen LogP contribution in [0.1, 0.15) is 36.0 Å². The summed E-state index contributed by atoms with van der Waals surface area (Å²) in [5.41, 5.74) is -0.187. The molecule has 1 saturated carbocycles. The number of carbonyl (C=O) groups is 1. The molecule has 2 rings (SSSR count). The quantitative estimate of drug-likeness (QED) is 0.795. The maximum absolute atomic E-state index is 12.9. The zero-order valence-corrected chi connectivity index (χ0v) is 9.10. The molecule has 1 fully saturated rings. The Bertz CT molecular complexity index is 418. The fourth-order valence-corrected chi connectivity index (χ4v) is 2.03. The van der Waals surface area contributed by atoms with Crippen molar-refractivity contribution in [3.05, 3.63) is 35.1 Å². The van der Waals surface area contributed by atoms with Crippen molar-refractivity contribution >= 4 is 5.91 Å². The molecule has 1 amide bonds. The first-order valence-electron chi connectivity index (χ1n) is 5.53. The van der Waals surface area contributed by atoms with Gasteiger partial charge < -0.3 is 5.32 Å². The van der Waals surface area contributed by atoms with Crippen LogP contribution in [0.25, 0.3) is 0 Å². The number of hydrogen-bond acceptors (Lipinski definition) is 1. The van der Waals surface area contributed by atoms with Crippen LogP contribution >= 0.6 is 0 Å². The second-order valence-corrected chi connectivity index (χ2v) is 4.21. The number of carbonyl (C=O) groups excluding carboxylic acids is 1. The minimum atomic E-state index is -1.55. The van der Waals surface area contributed by atoms with Gasteiger partial charge in [0.2, 0.25) is 0 Å². The summed E-state index contributed by atoms with van der Waals surface area (Å²) in [6.07, 6.45) is 3.82. The van der Waals surface area contributed by atoms with Gasteiger partial charge >= 0.3 is 0 Å². The molecule has 1 aromatic rings. The Hall–Kier alpha value is -1.52. The number of amides is 1. The van der Waals surface area contributed by atoms with Gasteiger partial charge in [0.25, 0.3) is 5.91 Å². The molecular formula is C12H12F3NO. The van der Waals surface area contributed by atoms with E-state index < -0.39 is 23.4 Å². The predicted octanol–water partition coefficient (Wildman–Crippen LogP) is 2.78. The van der Waals surface area contributed by atoms with E-state index in [4.69, 9.17) is 0 Å². The highest BCUT2D eigenvalue weighted by Gasteiger charge is 2.20. The molecule has 0 aromatic heterocycles. The smallest absolute Gasteiger partial charge is 0.251 e. The minimum Gasteiger partial charge on any atom is -0.349 e. The van der Waals surface area contributed by atoms with Crippen molar-refractivity contribution in [2.75, 3.05) is 0 Å². The molecule has 0 atom stereocenters. The van der Waals surface area contributed by atoms with E-state index in [9.17, 15) is 18.0 Å². The van der Waals surface area contributed by atoms with E-state index in [2.05, 4.69) is 5.32 Å². The van der Waals surface area contributed by atoms with Crippen LogP contribution in [0.15, 0.2) is 12.1 Å². The Morgan fingerprint density at radius 2 is 1.65 bits per heavy atom. The molecular weight excluding hydrogens is 231 g/mol. The molecule has 0 radical (unpaired) electrons. The third kappa shape index (κ3) is 2.60. The van der Waals surface area contributed by atoms with Crippen LogP contribution in [0.5, 0.6) is 0 Å². The number of rotatable bonds is 2. The van der Waals surface area contributed by atoms with Gasteiger partial charge in [-0.2, -0.15) is 0 Å². The molecule has 0 bridgehead atoms. The highest BCUT2D eigenvalue weighted by Crippen LogP contribution is 2.19. The molecule has 0 spiro atoms. The normalized spacial score (nSPS) is 16.2. The molecule has 1 aliphatic carbocycles. The summed E-state index contributed by atoms with van der Waals surface area (Å²) in [7, 11) is 0. The van der Waals surface area contributed by atoms with E-state index in [1.807, 2.05) is 0 Å². The summed E-state index contributed by atoms with van der Waals surface area (Å²) in [5.74, 6) is -4.81. The monoisotopic (exact) mass is 243 g/mol. The van der Waals surface area contributed by atoms with Gasteiger partial charge in [0.05, 0.1) is 0 Å². The van der Waals surface area contributed by atoms with Crippen LogP contribution < -0.4 is 5.32 Å². The van der Waals surface area contributed by atoms with Gasteiger partial charge in [-0.1, -0.05) is 12.8 Å². The van der Waals surface area contributed by atoms with Crippen LogP contribution in [0.2, 0.25) is 0 Å². The lowest BCUT2D eigenvalue weighted by Crippen LogP contribution is -2.32. The van der Waals surface area contributed by atoms with Crippen LogP contribution in [0, 0.1) is 17.5 Å². The first kappa shape index (κ1) is 12.0. The van der Waals surface area contributed by atoms with Gasteiger partial charge in [-0.15, -0.1) is 0 Å². The second kappa shape index (κ2) is 4.77. The summed E-state index contributed by atoms with van der Waals surface area (Å²) < 4.78 is 38.5. The fourth-order valence-electron chi connectivity index (χ4n) is 2.03. The number of benzene rings is 1. The summed E-state index contributed by atoms with van der Waals surface area (Å²) >= 11 is 0. The van der Waals surface area contributed by atoms with Crippen molar-refractivity contribution in [3.63, 3.8) is 0 Å². The summed E-state index contributed by atoms with van der Waals surface area (Å²) in [4.78, 5) is 11.6. The second-order valence-electron chi connectivity index (χ2n) is 4.21. The van der Waals surface area contributed by atoms with Crippen LogP contribution in [0.4, 0.5) is 13.2 Å². The van der Waals surface area contributed by atoms with Gasteiger partial charge in [0.15, 0.2) is 17.5 Å². The van der Waals surface area contributed by atoms with Gasteiger partial charge in [0, 0.05) is 11.6 Å². The first-order chi connectivity index (χ1) is 8.08. The predicted molar refractivity (Wildman–Crippen MR) is 56.0 cm³/mol. The van der Waals surface area contributed by atoms with Crippen molar-refractivity contribution in [1.29, 1.82) is 0 Å². The molecule has 0 heterocycles. The van der Waals surface area contributed by atoms with E-state index in [0.717, 1.165) is 25.7 Å². The molecule has 0 unspecified atom stereocenters. The van der Waals surface area contributed by atoms with Crippen LogP contribution in [-0.2, 0) is 0 Å². The van der Waals surface area contributed by atoms with Gasteiger partial charge in [0.1, 0.15) is 0 Å². The lowest BCUT2D eigenvalue weighted by molar-refractivity contribution is 0.0936. The standard InChI is InChI=1S/C12H12F3NO/c13-9-5-7(6-10(14)11(9)15)12(17)16-8-3-1-2-4-8/h5-6,8H,1-4H2,(H,16,17). The van der Waals surface area contributed by atoms with E-state index in [1.54, 1.807) is 0 Å².